The molecule has 0 aliphatic carbocycles. The number of carbonyl (C=O) groups excluding carboxylic acids is 2. The minimum absolute atomic E-state index is 0.121. The Morgan fingerprint density at radius 3 is 2.40 bits per heavy atom. The van der Waals surface area contributed by atoms with Gasteiger partial charge in [-0.2, -0.15) is 0 Å². The first-order valence-corrected chi connectivity index (χ1v) is 12.9. The maximum atomic E-state index is 12.6. The molecule has 1 aromatic carbocycles. The van der Waals surface area contributed by atoms with Crippen LogP contribution < -0.4 is 5.32 Å². The minimum Gasteiger partial charge on any atom is -0.444 e. The molecule has 0 aromatic heterocycles. The molecule has 194 valence electrons. The lowest BCUT2D eigenvalue weighted by atomic mass is 10.1. The van der Waals surface area contributed by atoms with E-state index < -0.39 is 5.60 Å². The number of rotatable bonds is 4. The molecule has 11 heteroatoms. The van der Waals surface area contributed by atoms with Crippen molar-refractivity contribution in [3.8, 4) is 0 Å². The van der Waals surface area contributed by atoms with Crippen molar-refractivity contribution < 1.29 is 19.1 Å². The van der Waals surface area contributed by atoms with Gasteiger partial charge < -0.3 is 24.6 Å². The monoisotopic (exact) mass is 527 g/mol. The molecule has 3 saturated heterocycles. The highest BCUT2D eigenvalue weighted by Gasteiger charge is 2.39. The molecule has 0 unspecified atom stereocenters. The number of piperazine rings is 1. The summed E-state index contributed by atoms with van der Waals surface area (Å²) in [4.78, 5) is 33.2. The molecular formula is C24H35Cl2N5O4. The number of ether oxygens (including phenoxy) is 2. The lowest BCUT2D eigenvalue weighted by molar-refractivity contribution is -0.0832. The van der Waals surface area contributed by atoms with Crippen molar-refractivity contribution in [2.75, 3.05) is 70.8 Å². The fourth-order valence-electron chi connectivity index (χ4n) is 4.54. The zero-order valence-electron chi connectivity index (χ0n) is 20.6. The molecule has 1 N–H and O–H groups in total. The van der Waals surface area contributed by atoms with Gasteiger partial charge in [0.15, 0.2) is 0 Å². The van der Waals surface area contributed by atoms with Gasteiger partial charge in [0.2, 0.25) is 0 Å². The Bertz CT molecular complexity index is 914. The number of nitrogens with one attached hydrogen (secondary N) is 1. The summed E-state index contributed by atoms with van der Waals surface area (Å²) in [6.07, 6.45) is -0.115. The number of carbonyl (C=O) groups is 2. The van der Waals surface area contributed by atoms with Crippen molar-refractivity contribution in [1.29, 1.82) is 0 Å². The Morgan fingerprint density at radius 2 is 1.74 bits per heavy atom. The second-order valence-electron chi connectivity index (χ2n) is 10.4. The Labute approximate surface area is 217 Å². The van der Waals surface area contributed by atoms with Gasteiger partial charge in [-0.3, -0.25) is 9.80 Å². The molecule has 3 aliphatic heterocycles. The van der Waals surface area contributed by atoms with Crippen LogP contribution in [0.4, 0.5) is 15.3 Å². The predicted octanol–water partition coefficient (Wildman–Crippen LogP) is 3.46. The Kier molecular flexibility index (Phi) is 8.33. The zero-order chi connectivity index (χ0) is 25.2. The van der Waals surface area contributed by atoms with Crippen LogP contribution >= 0.6 is 23.2 Å². The average Bonchev–Trinajstić information content (AvgIpc) is 2.75. The van der Waals surface area contributed by atoms with Crippen molar-refractivity contribution >= 4 is 41.0 Å². The van der Waals surface area contributed by atoms with E-state index in [1.54, 1.807) is 23.1 Å². The van der Waals surface area contributed by atoms with Crippen LogP contribution in [0.15, 0.2) is 18.2 Å². The number of hydrogen-bond acceptors (Lipinski definition) is 6. The third-order valence-electron chi connectivity index (χ3n) is 6.49. The second-order valence-corrected chi connectivity index (χ2v) is 11.2. The van der Waals surface area contributed by atoms with Gasteiger partial charge >= 0.3 is 12.1 Å². The summed E-state index contributed by atoms with van der Waals surface area (Å²) in [6.45, 7) is 13.2. The smallest absolute Gasteiger partial charge is 0.410 e. The first-order chi connectivity index (χ1) is 16.6. The number of likely N-dealkylation sites (tertiary alicyclic amines) is 1. The molecule has 0 radical (unpaired) electrons. The standard InChI is InChI=1S/C24H35Cl2N5O4/c1-24(2,3)35-23(33)31-13-18(14-31)30-10-11-34-19(16-30)15-28-6-8-29(9-7-28)22(32)27-17-4-5-20(25)21(26)12-17/h4-5,12,18-19H,6-11,13-16H2,1-3H3,(H,27,32)/t19-/m0/s1. The van der Waals surface area contributed by atoms with Crippen LogP contribution in [0.25, 0.3) is 0 Å². The van der Waals surface area contributed by atoms with Crippen molar-refractivity contribution in [3.63, 3.8) is 0 Å². The van der Waals surface area contributed by atoms with Crippen molar-refractivity contribution in [2.24, 2.45) is 0 Å². The summed E-state index contributed by atoms with van der Waals surface area (Å²) >= 11 is 12.0. The normalized spacial score (nSPS) is 22.6. The van der Waals surface area contributed by atoms with Crippen molar-refractivity contribution in [1.82, 2.24) is 19.6 Å². The molecule has 1 aromatic rings. The van der Waals surface area contributed by atoms with E-state index in [9.17, 15) is 9.59 Å². The van der Waals surface area contributed by atoms with Gasteiger partial charge in [0, 0.05) is 70.6 Å². The summed E-state index contributed by atoms with van der Waals surface area (Å²) in [5.74, 6) is 0. The van der Waals surface area contributed by atoms with Crippen LogP contribution in [0.1, 0.15) is 20.8 Å². The van der Waals surface area contributed by atoms with Gasteiger partial charge in [0.05, 0.1) is 22.8 Å². The van der Waals surface area contributed by atoms with Gasteiger partial charge in [0.1, 0.15) is 5.60 Å². The fraction of sp³-hybridized carbons (Fsp3) is 0.667. The summed E-state index contributed by atoms with van der Waals surface area (Å²) in [5, 5.41) is 3.76. The van der Waals surface area contributed by atoms with E-state index in [4.69, 9.17) is 32.7 Å². The Morgan fingerprint density at radius 1 is 1.03 bits per heavy atom. The number of halogens is 2. The Balaban J connectivity index is 1.17. The Hall–Kier alpha value is -1.78. The predicted molar refractivity (Wildman–Crippen MR) is 136 cm³/mol. The number of morpholine rings is 1. The van der Waals surface area contributed by atoms with Gasteiger partial charge in [-0.05, 0) is 39.0 Å². The quantitative estimate of drug-likeness (QED) is 0.645. The molecular weight excluding hydrogens is 493 g/mol. The van der Waals surface area contributed by atoms with E-state index in [0.717, 1.165) is 32.7 Å². The highest BCUT2D eigenvalue weighted by atomic mass is 35.5. The number of urea groups is 1. The van der Waals surface area contributed by atoms with Crippen LogP contribution in [0.5, 0.6) is 0 Å². The SMILES string of the molecule is CC(C)(C)OC(=O)N1CC(N2CCO[C@@H](CN3CCN(C(=O)Nc4ccc(Cl)c(Cl)c4)CC3)C2)C1. The van der Waals surface area contributed by atoms with E-state index in [1.165, 1.54) is 0 Å². The molecule has 0 saturated carbocycles. The van der Waals surface area contributed by atoms with Gasteiger partial charge in [-0.1, -0.05) is 23.2 Å². The molecule has 35 heavy (non-hydrogen) atoms. The summed E-state index contributed by atoms with van der Waals surface area (Å²) < 4.78 is 11.5. The third-order valence-corrected chi connectivity index (χ3v) is 7.23. The molecule has 3 amide bonds. The first kappa shape index (κ1) is 26.3. The summed E-state index contributed by atoms with van der Waals surface area (Å²) in [5.41, 5.74) is 0.157. The molecule has 3 aliphatic rings. The van der Waals surface area contributed by atoms with Crippen LogP contribution in [0.3, 0.4) is 0 Å². The van der Waals surface area contributed by atoms with E-state index in [0.29, 0.717) is 54.6 Å². The van der Waals surface area contributed by atoms with Crippen LogP contribution in [-0.4, -0.2) is 115 Å². The maximum Gasteiger partial charge on any atom is 0.410 e. The van der Waals surface area contributed by atoms with Crippen LogP contribution in [0, 0.1) is 0 Å². The van der Waals surface area contributed by atoms with E-state index in [1.807, 2.05) is 25.7 Å². The fourth-order valence-corrected chi connectivity index (χ4v) is 4.84. The molecule has 9 nitrogen and oxygen atoms in total. The van der Waals surface area contributed by atoms with Crippen LogP contribution in [-0.2, 0) is 9.47 Å². The third kappa shape index (κ3) is 7.13. The number of benzene rings is 1. The summed E-state index contributed by atoms with van der Waals surface area (Å²) in [6, 6.07) is 5.28. The number of hydrogen-bond donors (Lipinski definition) is 1. The first-order valence-electron chi connectivity index (χ1n) is 12.1. The highest BCUT2D eigenvalue weighted by Crippen LogP contribution is 2.25. The summed E-state index contributed by atoms with van der Waals surface area (Å²) in [7, 11) is 0. The van der Waals surface area contributed by atoms with E-state index >= 15 is 0 Å². The molecule has 3 heterocycles. The number of anilines is 1. The lowest BCUT2D eigenvalue weighted by Crippen LogP contribution is -2.65. The zero-order valence-corrected chi connectivity index (χ0v) is 22.1. The van der Waals surface area contributed by atoms with Gasteiger partial charge in [-0.15, -0.1) is 0 Å². The van der Waals surface area contributed by atoms with Gasteiger partial charge in [-0.25, -0.2) is 9.59 Å². The molecule has 0 bridgehead atoms. The number of amides is 3. The minimum atomic E-state index is -0.472. The van der Waals surface area contributed by atoms with Crippen LogP contribution in [0.2, 0.25) is 10.0 Å². The molecule has 4 rings (SSSR count). The van der Waals surface area contributed by atoms with Crippen molar-refractivity contribution in [3.05, 3.63) is 28.2 Å². The second kappa shape index (κ2) is 11.1. The molecule has 1 atom stereocenters. The highest BCUT2D eigenvalue weighted by molar-refractivity contribution is 6.42. The molecule has 0 spiro atoms. The number of nitrogens with zero attached hydrogens (tertiary/aromatic N) is 4. The van der Waals surface area contributed by atoms with Gasteiger partial charge in [0.25, 0.3) is 0 Å². The molecule has 3 fully saturated rings. The van der Waals surface area contributed by atoms with E-state index in [2.05, 4.69) is 15.1 Å². The average molecular weight is 528 g/mol. The van der Waals surface area contributed by atoms with Crippen molar-refractivity contribution in [2.45, 2.75) is 38.5 Å². The lowest BCUT2D eigenvalue weighted by Gasteiger charge is -2.48. The van der Waals surface area contributed by atoms with E-state index in [-0.39, 0.29) is 18.2 Å². The maximum absolute atomic E-state index is 12.6. The largest absolute Gasteiger partial charge is 0.444 e. The topological polar surface area (TPSA) is 77.6 Å².